The monoisotopic (exact) mass is 305 g/mol. The molecule has 22 heavy (non-hydrogen) atoms. The molecule has 0 unspecified atom stereocenters. The molecule has 0 bridgehead atoms. The van der Waals surface area contributed by atoms with E-state index in [1.54, 1.807) is 12.1 Å². The third-order valence-electron chi connectivity index (χ3n) is 3.27. The van der Waals surface area contributed by atoms with Crippen LogP contribution in [-0.2, 0) is 14.4 Å². The summed E-state index contributed by atoms with van der Waals surface area (Å²) in [4.78, 5) is 36.5. The van der Waals surface area contributed by atoms with Gasteiger partial charge in [0, 0.05) is 19.0 Å². The number of nitrogens with zero attached hydrogens (tertiary/aromatic N) is 1. The first kappa shape index (κ1) is 15.8. The Kier molecular flexibility index (Phi) is 5.76. The van der Waals surface area contributed by atoms with Crippen LogP contribution in [0.4, 0.5) is 0 Å². The van der Waals surface area contributed by atoms with Crippen molar-refractivity contribution in [2.24, 2.45) is 0 Å². The lowest BCUT2D eigenvalue weighted by Gasteiger charge is -2.19. The molecule has 0 aromatic carbocycles. The predicted molar refractivity (Wildman–Crippen MR) is 79.1 cm³/mol. The standard InChI is InChI=1S/C15H19N3O4/c19-13(8-7-12-5-4-10-22-12)16-17-14(20)11-18-9-3-1-2-6-15(18)21/h4-5,7-8,10H,1-3,6,9,11H2,(H,16,19)(H,17,20)/b8-7+. The zero-order chi connectivity index (χ0) is 15.8. The number of carbonyl (C=O) groups excluding carboxylic acids is 3. The molecule has 1 saturated heterocycles. The van der Waals surface area contributed by atoms with Crippen molar-refractivity contribution in [1.29, 1.82) is 0 Å². The Bertz CT molecular complexity index is 551. The number of hydrogen-bond acceptors (Lipinski definition) is 4. The Morgan fingerprint density at radius 2 is 2.14 bits per heavy atom. The van der Waals surface area contributed by atoms with E-state index in [4.69, 9.17) is 4.42 Å². The Morgan fingerprint density at radius 1 is 1.27 bits per heavy atom. The van der Waals surface area contributed by atoms with E-state index >= 15 is 0 Å². The maximum Gasteiger partial charge on any atom is 0.262 e. The highest BCUT2D eigenvalue weighted by Crippen LogP contribution is 2.10. The van der Waals surface area contributed by atoms with Gasteiger partial charge in [-0.3, -0.25) is 25.2 Å². The fourth-order valence-electron chi connectivity index (χ4n) is 2.14. The second kappa shape index (κ2) is 8.02. The van der Waals surface area contributed by atoms with E-state index in [-0.39, 0.29) is 12.5 Å². The van der Waals surface area contributed by atoms with E-state index in [0.29, 0.717) is 18.7 Å². The van der Waals surface area contributed by atoms with Crippen LogP contribution in [0.15, 0.2) is 28.9 Å². The summed E-state index contributed by atoms with van der Waals surface area (Å²) in [6, 6.07) is 3.41. The minimum Gasteiger partial charge on any atom is -0.465 e. The zero-order valence-electron chi connectivity index (χ0n) is 12.2. The normalized spacial score (nSPS) is 15.6. The Hall–Kier alpha value is -2.57. The molecule has 1 fully saturated rings. The van der Waals surface area contributed by atoms with Crippen LogP contribution in [0.1, 0.15) is 31.4 Å². The van der Waals surface area contributed by atoms with E-state index in [1.807, 2.05) is 0 Å². The van der Waals surface area contributed by atoms with Gasteiger partial charge in [0.2, 0.25) is 5.91 Å². The highest BCUT2D eigenvalue weighted by atomic mass is 16.3. The van der Waals surface area contributed by atoms with Crippen LogP contribution in [0.5, 0.6) is 0 Å². The van der Waals surface area contributed by atoms with E-state index in [0.717, 1.165) is 19.3 Å². The average molecular weight is 305 g/mol. The van der Waals surface area contributed by atoms with Crippen LogP contribution in [0, 0.1) is 0 Å². The summed E-state index contributed by atoms with van der Waals surface area (Å²) in [7, 11) is 0. The van der Waals surface area contributed by atoms with Crippen molar-refractivity contribution in [3.05, 3.63) is 30.2 Å². The summed E-state index contributed by atoms with van der Waals surface area (Å²) in [6.45, 7) is 0.541. The topological polar surface area (TPSA) is 91.7 Å². The maximum atomic E-state index is 11.8. The molecule has 1 aliphatic heterocycles. The van der Waals surface area contributed by atoms with E-state index in [1.165, 1.54) is 23.3 Å². The van der Waals surface area contributed by atoms with Crippen molar-refractivity contribution < 1.29 is 18.8 Å². The lowest BCUT2D eigenvalue weighted by atomic mass is 10.2. The molecule has 3 amide bonds. The Morgan fingerprint density at radius 3 is 2.91 bits per heavy atom. The van der Waals surface area contributed by atoms with Gasteiger partial charge in [-0.05, 0) is 31.1 Å². The van der Waals surface area contributed by atoms with Gasteiger partial charge in [0.05, 0.1) is 6.26 Å². The highest BCUT2D eigenvalue weighted by molar-refractivity contribution is 5.93. The van der Waals surface area contributed by atoms with Gasteiger partial charge in [-0.1, -0.05) is 6.42 Å². The first-order valence-electron chi connectivity index (χ1n) is 7.23. The van der Waals surface area contributed by atoms with Gasteiger partial charge < -0.3 is 9.32 Å². The fourth-order valence-corrected chi connectivity index (χ4v) is 2.14. The van der Waals surface area contributed by atoms with Crippen LogP contribution in [-0.4, -0.2) is 35.7 Å². The highest BCUT2D eigenvalue weighted by Gasteiger charge is 2.19. The van der Waals surface area contributed by atoms with Crippen LogP contribution >= 0.6 is 0 Å². The molecule has 0 aliphatic carbocycles. The van der Waals surface area contributed by atoms with Gasteiger partial charge in [-0.15, -0.1) is 0 Å². The SMILES string of the molecule is O=C(/C=C/c1ccco1)NNC(=O)CN1CCCCCC1=O. The van der Waals surface area contributed by atoms with Crippen LogP contribution in [0.3, 0.4) is 0 Å². The lowest BCUT2D eigenvalue weighted by molar-refractivity contribution is -0.136. The molecule has 0 radical (unpaired) electrons. The van der Waals surface area contributed by atoms with Crippen LogP contribution in [0.25, 0.3) is 6.08 Å². The Balaban J connectivity index is 1.72. The van der Waals surface area contributed by atoms with Crippen LogP contribution in [0.2, 0.25) is 0 Å². The van der Waals surface area contributed by atoms with Gasteiger partial charge in [0.1, 0.15) is 12.3 Å². The number of nitrogens with one attached hydrogen (secondary N) is 2. The summed E-state index contributed by atoms with van der Waals surface area (Å²) in [5.41, 5.74) is 4.55. The van der Waals surface area contributed by atoms with Gasteiger partial charge >= 0.3 is 0 Å². The number of carbonyl (C=O) groups is 3. The van der Waals surface area contributed by atoms with Crippen molar-refractivity contribution >= 4 is 23.8 Å². The van der Waals surface area contributed by atoms with Gasteiger partial charge in [-0.2, -0.15) is 0 Å². The van der Waals surface area contributed by atoms with Crippen molar-refractivity contribution in [3.63, 3.8) is 0 Å². The maximum absolute atomic E-state index is 11.8. The van der Waals surface area contributed by atoms with Gasteiger partial charge in [0.15, 0.2) is 0 Å². The summed E-state index contributed by atoms with van der Waals surface area (Å²) >= 11 is 0. The molecule has 7 nitrogen and oxygen atoms in total. The smallest absolute Gasteiger partial charge is 0.262 e. The number of rotatable bonds is 4. The number of hydrogen-bond donors (Lipinski definition) is 2. The van der Waals surface area contributed by atoms with E-state index in [2.05, 4.69) is 10.9 Å². The molecule has 2 heterocycles. The number of likely N-dealkylation sites (tertiary alicyclic amines) is 1. The van der Waals surface area contributed by atoms with E-state index in [9.17, 15) is 14.4 Å². The largest absolute Gasteiger partial charge is 0.465 e. The number of furan rings is 1. The summed E-state index contributed by atoms with van der Waals surface area (Å²) < 4.78 is 5.04. The summed E-state index contributed by atoms with van der Waals surface area (Å²) in [6.07, 6.45) is 7.47. The van der Waals surface area contributed by atoms with Crippen molar-refractivity contribution in [2.45, 2.75) is 25.7 Å². The molecule has 1 aromatic heterocycles. The zero-order valence-corrected chi connectivity index (χ0v) is 12.2. The molecule has 0 atom stereocenters. The second-order valence-electron chi connectivity index (χ2n) is 5.01. The summed E-state index contributed by atoms with van der Waals surface area (Å²) in [5.74, 6) is -0.379. The fraction of sp³-hybridized carbons (Fsp3) is 0.400. The Labute approximate surface area is 128 Å². The molecule has 1 aromatic rings. The second-order valence-corrected chi connectivity index (χ2v) is 5.01. The average Bonchev–Trinajstić information content (AvgIpc) is 2.95. The third-order valence-corrected chi connectivity index (χ3v) is 3.27. The first-order valence-corrected chi connectivity index (χ1v) is 7.23. The van der Waals surface area contributed by atoms with Crippen molar-refractivity contribution in [2.75, 3.05) is 13.1 Å². The van der Waals surface area contributed by atoms with Crippen molar-refractivity contribution in [3.8, 4) is 0 Å². The minimum absolute atomic E-state index is 0.0170. The number of amides is 3. The van der Waals surface area contributed by atoms with E-state index < -0.39 is 11.8 Å². The van der Waals surface area contributed by atoms with Crippen LogP contribution < -0.4 is 10.9 Å². The molecule has 7 heteroatoms. The summed E-state index contributed by atoms with van der Waals surface area (Å²) in [5, 5.41) is 0. The molecule has 0 saturated carbocycles. The molecule has 1 aliphatic rings. The number of hydrazine groups is 1. The molecule has 118 valence electrons. The molecule has 2 rings (SSSR count). The molecule has 2 N–H and O–H groups in total. The first-order chi connectivity index (χ1) is 10.6. The quantitative estimate of drug-likeness (QED) is 0.637. The van der Waals surface area contributed by atoms with Crippen molar-refractivity contribution in [1.82, 2.24) is 15.8 Å². The minimum atomic E-state index is -0.480. The molecular formula is C15H19N3O4. The third kappa shape index (κ3) is 5.08. The lowest BCUT2D eigenvalue weighted by Crippen LogP contribution is -2.47. The predicted octanol–water partition coefficient (Wildman–Crippen LogP) is 0.843. The molecular weight excluding hydrogens is 286 g/mol. The van der Waals surface area contributed by atoms with Gasteiger partial charge in [0.25, 0.3) is 11.8 Å². The van der Waals surface area contributed by atoms with Gasteiger partial charge in [-0.25, -0.2) is 0 Å². The molecule has 0 spiro atoms.